The maximum absolute atomic E-state index is 13.3. The standard InChI is InChI=1S/C20H28N2O.ClH/c23-19(20-11-5-4-8-18(20)14-21-15-20)22-12-9-17(10-13-22)16-6-2-1-3-7-16;/h1-3,6-7,17-18,21H,4-5,8-15H2;1H/t18-,20+;/m0./s1. The Balaban J connectivity index is 0.00000169. The second-order valence-corrected chi connectivity index (χ2v) is 7.71. The van der Waals surface area contributed by atoms with Crippen molar-refractivity contribution < 1.29 is 4.79 Å². The van der Waals surface area contributed by atoms with Crippen LogP contribution in [0.5, 0.6) is 0 Å². The van der Waals surface area contributed by atoms with Gasteiger partial charge in [-0.05, 0) is 49.6 Å². The third-order valence-corrected chi connectivity index (χ3v) is 6.52. The molecule has 0 aromatic heterocycles. The van der Waals surface area contributed by atoms with Gasteiger partial charge in [0.15, 0.2) is 0 Å². The van der Waals surface area contributed by atoms with Crippen molar-refractivity contribution in [2.45, 2.75) is 44.4 Å². The van der Waals surface area contributed by atoms with Gasteiger partial charge >= 0.3 is 0 Å². The van der Waals surface area contributed by atoms with Crippen molar-refractivity contribution in [1.29, 1.82) is 0 Å². The molecule has 0 radical (unpaired) electrons. The van der Waals surface area contributed by atoms with Crippen LogP contribution in [0, 0.1) is 11.3 Å². The lowest BCUT2D eigenvalue weighted by molar-refractivity contribution is -0.146. The van der Waals surface area contributed by atoms with Gasteiger partial charge in [0.2, 0.25) is 5.91 Å². The van der Waals surface area contributed by atoms with Crippen LogP contribution in [0.2, 0.25) is 0 Å². The minimum absolute atomic E-state index is 0. The summed E-state index contributed by atoms with van der Waals surface area (Å²) >= 11 is 0. The highest BCUT2D eigenvalue weighted by molar-refractivity contribution is 5.85. The average molecular weight is 349 g/mol. The van der Waals surface area contributed by atoms with Gasteiger partial charge in [-0.25, -0.2) is 0 Å². The molecule has 2 atom stereocenters. The van der Waals surface area contributed by atoms with Crippen LogP contribution in [0.4, 0.5) is 0 Å². The molecule has 1 amide bonds. The molecule has 1 aromatic carbocycles. The first-order chi connectivity index (χ1) is 11.3. The fraction of sp³-hybridized carbons (Fsp3) is 0.650. The molecule has 0 spiro atoms. The van der Waals surface area contributed by atoms with Crippen molar-refractivity contribution in [2.24, 2.45) is 11.3 Å². The molecule has 24 heavy (non-hydrogen) atoms. The van der Waals surface area contributed by atoms with Crippen molar-refractivity contribution in [3.8, 4) is 0 Å². The van der Waals surface area contributed by atoms with Crippen LogP contribution in [0.3, 0.4) is 0 Å². The van der Waals surface area contributed by atoms with Gasteiger partial charge in [-0.2, -0.15) is 0 Å². The topological polar surface area (TPSA) is 32.3 Å². The first-order valence-corrected chi connectivity index (χ1v) is 9.35. The molecule has 4 rings (SSSR count). The largest absolute Gasteiger partial charge is 0.342 e. The number of nitrogens with one attached hydrogen (secondary N) is 1. The van der Waals surface area contributed by atoms with Crippen LogP contribution in [-0.4, -0.2) is 37.0 Å². The highest BCUT2D eigenvalue weighted by Crippen LogP contribution is 2.45. The summed E-state index contributed by atoms with van der Waals surface area (Å²) in [6, 6.07) is 10.8. The van der Waals surface area contributed by atoms with Crippen molar-refractivity contribution >= 4 is 18.3 Å². The number of benzene rings is 1. The number of nitrogens with zero attached hydrogens (tertiary/aromatic N) is 1. The Morgan fingerprint density at radius 1 is 1.08 bits per heavy atom. The van der Waals surface area contributed by atoms with Gasteiger partial charge in [-0.1, -0.05) is 43.2 Å². The Morgan fingerprint density at radius 2 is 1.83 bits per heavy atom. The highest BCUT2D eigenvalue weighted by atomic mass is 35.5. The summed E-state index contributed by atoms with van der Waals surface area (Å²) in [6.07, 6.45) is 7.09. The third-order valence-electron chi connectivity index (χ3n) is 6.52. The van der Waals surface area contributed by atoms with Crippen LogP contribution in [-0.2, 0) is 4.79 Å². The third kappa shape index (κ3) is 3.09. The number of carbonyl (C=O) groups is 1. The number of amides is 1. The number of carbonyl (C=O) groups excluding carboxylic acids is 1. The molecule has 132 valence electrons. The van der Waals surface area contributed by atoms with Crippen LogP contribution < -0.4 is 5.32 Å². The first kappa shape index (κ1) is 17.8. The smallest absolute Gasteiger partial charge is 0.230 e. The predicted octanol–water partition coefficient (Wildman–Crippen LogP) is 3.59. The number of hydrogen-bond donors (Lipinski definition) is 1. The van der Waals surface area contributed by atoms with Crippen molar-refractivity contribution in [2.75, 3.05) is 26.2 Å². The van der Waals surface area contributed by atoms with Crippen molar-refractivity contribution in [3.63, 3.8) is 0 Å². The molecular weight excluding hydrogens is 320 g/mol. The van der Waals surface area contributed by atoms with Crippen molar-refractivity contribution in [1.82, 2.24) is 10.2 Å². The Hall–Kier alpha value is -1.06. The number of fused-ring (bicyclic) bond motifs is 1. The van der Waals surface area contributed by atoms with Crippen LogP contribution in [0.25, 0.3) is 0 Å². The number of rotatable bonds is 2. The lowest BCUT2D eigenvalue weighted by atomic mass is 9.67. The molecule has 2 heterocycles. The van der Waals surface area contributed by atoms with E-state index in [0.29, 0.717) is 17.7 Å². The zero-order valence-corrected chi connectivity index (χ0v) is 15.2. The first-order valence-electron chi connectivity index (χ1n) is 9.35. The van der Waals surface area contributed by atoms with E-state index in [1.54, 1.807) is 0 Å². The maximum Gasteiger partial charge on any atom is 0.230 e. The minimum atomic E-state index is -0.0716. The minimum Gasteiger partial charge on any atom is -0.342 e. The Morgan fingerprint density at radius 3 is 2.58 bits per heavy atom. The highest BCUT2D eigenvalue weighted by Gasteiger charge is 2.51. The van der Waals surface area contributed by atoms with Crippen LogP contribution >= 0.6 is 12.4 Å². The molecule has 3 fully saturated rings. The number of halogens is 1. The van der Waals surface area contributed by atoms with E-state index < -0.39 is 0 Å². The van der Waals surface area contributed by atoms with E-state index in [0.717, 1.165) is 45.4 Å². The summed E-state index contributed by atoms with van der Waals surface area (Å²) in [5.74, 6) is 1.66. The number of likely N-dealkylation sites (tertiary alicyclic amines) is 1. The summed E-state index contributed by atoms with van der Waals surface area (Å²) < 4.78 is 0. The van der Waals surface area contributed by atoms with Gasteiger partial charge in [0.1, 0.15) is 0 Å². The number of hydrogen-bond acceptors (Lipinski definition) is 2. The molecule has 2 saturated heterocycles. The summed E-state index contributed by atoms with van der Waals surface area (Å²) in [5.41, 5.74) is 1.37. The van der Waals surface area contributed by atoms with Gasteiger partial charge in [-0.3, -0.25) is 4.79 Å². The molecule has 4 heteroatoms. The lowest BCUT2D eigenvalue weighted by Crippen LogP contribution is -2.51. The molecule has 0 unspecified atom stereocenters. The molecular formula is C20H29ClN2O. The average Bonchev–Trinajstić information content (AvgIpc) is 3.07. The molecule has 1 aliphatic carbocycles. The molecule has 2 aliphatic heterocycles. The Bertz CT molecular complexity index is 556. The van der Waals surface area contributed by atoms with E-state index >= 15 is 0 Å². The second-order valence-electron chi connectivity index (χ2n) is 7.71. The summed E-state index contributed by atoms with van der Waals surface area (Å²) in [5, 5.41) is 3.51. The van der Waals surface area contributed by atoms with E-state index in [1.165, 1.54) is 24.8 Å². The molecule has 3 nitrogen and oxygen atoms in total. The van der Waals surface area contributed by atoms with E-state index in [-0.39, 0.29) is 17.8 Å². The second kappa shape index (κ2) is 7.45. The summed E-state index contributed by atoms with van der Waals surface area (Å²) in [7, 11) is 0. The zero-order chi connectivity index (χ0) is 15.7. The molecule has 1 N–H and O–H groups in total. The van der Waals surface area contributed by atoms with E-state index in [9.17, 15) is 4.79 Å². The molecule has 1 aromatic rings. The van der Waals surface area contributed by atoms with E-state index in [4.69, 9.17) is 0 Å². The molecule has 1 saturated carbocycles. The summed E-state index contributed by atoms with van der Waals surface area (Å²) in [4.78, 5) is 15.5. The van der Waals surface area contributed by atoms with Gasteiger partial charge in [-0.15, -0.1) is 12.4 Å². The molecule has 0 bridgehead atoms. The monoisotopic (exact) mass is 348 g/mol. The van der Waals surface area contributed by atoms with E-state index in [2.05, 4.69) is 40.5 Å². The van der Waals surface area contributed by atoms with Gasteiger partial charge in [0.05, 0.1) is 5.41 Å². The van der Waals surface area contributed by atoms with E-state index in [1.807, 2.05) is 0 Å². The fourth-order valence-corrected chi connectivity index (χ4v) is 5.12. The maximum atomic E-state index is 13.3. The zero-order valence-electron chi connectivity index (χ0n) is 14.4. The molecule has 3 aliphatic rings. The number of piperidine rings is 1. The summed E-state index contributed by atoms with van der Waals surface area (Å²) in [6.45, 7) is 3.83. The quantitative estimate of drug-likeness (QED) is 0.885. The Labute approximate surface area is 151 Å². The lowest BCUT2D eigenvalue weighted by Gasteiger charge is -2.43. The SMILES string of the molecule is Cl.O=C(N1CCC(c2ccccc2)CC1)[C@@]12CCCC[C@H]1CNC2. The van der Waals surface area contributed by atoms with Gasteiger partial charge < -0.3 is 10.2 Å². The van der Waals surface area contributed by atoms with Crippen LogP contribution in [0.15, 0.2) is 30.3 Å². The van der Waals surface area contributed by atoms with Gasteiger partial charge in [0.25, 0.3) is 0 Å². The fourth-order valence-electron chi connectivity index (χ4n) is 5.12. The van der Waals surface area contributed by atoms with Crippen molar-refractivity contribution in [3.05, 3.63) is 35.9 Å². The Kier molecular flexibility index (Phi) is 5.51. The van der Waals surface area contributed by atoms with Crippen LogP contribution in [0.1, 0.15) is 50.0 Å². The predicted molar refractivity (Wildman–Crippen MR) is 99.5 cm³/mol. The normalized spacial score (nSPS) is 30.5. The van der Waals surface area contributed by atoms with Gasteiger partial charge in [0, 0.05) is 19.6 Å².